The fraction of sp³-hybridized carbons (Fsp3) is 0.412. The lowest BCUT2D eigenvalue weighted by molar-refractivity contribution is -0.121. The molecule has 0 bridgehead atoms. The first-order valence-corrected chi connectivity index (χ1v) is 7.91. The van der Waals surface area contributed by atoms with Gasteiger partial charge in [0.25, 0.3) is 5.56 Å². The van der Waals surface area contributed by atoms with Crippen LogP contribution < -0.4 is 10.9 Å². The second-order valence-electron chi connectivity index (χ2n) is 6.03. The number of benzene rings is 1. The molecule has 0 saturated carbocycles. The number of piperidine rings is 1. The molecule has 26 heavy (non-hydrogen) atoms. The predicted molar refractivity (Wildman–Crippen MR) is 102 cm³/mol. The van der Waals surface area contributed by atoms with E-state index in [2.05, 4.69) is 10.3 Å². The summed E-state index contributed by atoms with van der Waals surface area (Å²) in [6.07, 6.45) is 2.55. The Hall–Kier alpha value is -1.98. The SMILES string of the molecule is Cl.Cl.N#Cc1ccc2ncn(CC(=O)CC3NCCCC3O)c(=O)c2c1. The van der Waals surface area contributed by atoms with E-state index >= 15 is 0 Å². The molecule has 1 aromatic carbocycles. The number of fused-ring (bicyclic) bond motifs is 1. The lowest BCUT2D eigenvalue weighted by Crippen LogP contribution is -2.46. The third-order valence-electron chi connectivity index (χ3n) is 4.30. The Morgan fingerprint density at radius 2 is 2.19 bits per heavy atom. The molecule has 0 aliphatic carbocycles. The van der Waals surface area contributed by atoms with Gasteiger partial charge in [0.2, 0.25) is 0 Å². The van der Waals surface area contributed by atoms with Crippen LogP contribution in [0.4, 0.5) is 0 Å². The fourth-order valence-corrected chi connectivity index (χ4v) is 2.99. The third kappa shape index (κ3) is 4.80. The molecule has 2 atom stereocenters. The van der Waals surface area contributed by atoms with Crippen molar-refractivity contribution in [2.24, 2.45) is 0 Å². The van der Waals surface area contributed by atoms with Gasteiger partial charge in [-0.15, -0.1) is 24.8 Å². The van der Waals surface area contributed by atoms with E-state index in [0.29, 0.717) is 22.9 Å². The van der Waals surface area contributed by atoms with Crippen LogP contribution in [0.5, 0.6) is 0 Å². The minimum Gasteiger partial charge on any atom is -0.391 e. The molecule has 0 amide bonds. The number of ketones is 1. The van der Waals surface area contributed by atoms with Gasteiger partial charge in [-0.05, 0) is 37.6 Å². The highest BCUT2D eigenvalue weighted by Gasteiger charge is 2.25. The summed E-state index contributed by atoms with van der Waals surface area (Å²) in [7, 11) is 0. The molecule has 9 heteroatoms. The number of nitrogens with one attached hydrogen (secondary N) is 1. The monoisotopic (exact) mass is 398 g/mol. The number of carbonyl (C=O) groups is 1. The number of aliphatic hydroxyl groups excluding tert-OH is 1. The second-order valence-corrected chi connectivity index (χ2v) is 6.03. The number of halogens is 2. The number of hydrogen-bond donors (Lipinski definition) is 2. The molecule has 3 rings (SSSR count). The molecule has 1 aromatic heterocycles. The third-order valence-corrected chi connectivity index (χ3v) is 4.30. The van der Waals surface area contributed by atoms with Gasteiger partial charge in [-0.2, -0.15) is 5.26 Å². The average Bonchev–Trinajstić information content (AvgIpc) is 2.59. The van der Waals surface area contributed by atoms with Crippen molar-refractivity contribution < 1.29 is 9.90 Å². The smallest absolute Gasteiger partial charge is 0.261 e. The summed E-state index contributed by atoms with van der Waals surface area (Å²) in [4.78, 5) is 28.9. The summed E-state index contributed by atoms with van der Waals surface area (Å²) < 4.78 is 1.25. The topological polar surface area (TPSA) is 108 Å². The number of nitrogens with zero attached hydrogens (tertiary/aromatic N) is 3. The molecule has 1 aliphatic heterocycles. The van der Waals surface area contributed by atoms with Gasteiger partial charge in [0, 0.05) is 12.5 Å². The average molecular weight is 399 g/mol. The molecule has 1 aliphatic rings. The van der Waals surface area contributed by atoms with Gasteiger partial charge in [-0.3, -0.25) is 14.2 Å². The van der Waals surface area contributed by atoms with Crippen LogP contribution in [0, 0.1) is 11.3 Å². The van der Waals surface area contributed by atoms with Gasteiger partial charge in [-0.1, -0.05) is 0 Å². The quantitative estimate of drug-likeness (QED) is 0.800. The Kier molecular flexibility index (Phi) is 8.18. The highest BCUT2D eigenvalue weighted by molar-refractivity contribution is 5.85. The lowest BCUT2D eigenvalue weighted by atomic mass is 9.97. The fourth-order valence-electron chi connectivity index (χ4n) is 2.99. The number of carbonyl (C=O) groups excluding carboxylic acids is 1. The van der Waals surface area contributed by atoms with Crippen LogP contribution in [-0.4, -0.2) is 39.1 Å². The molecular weight excluding hydrogens is 379 g/mol. The van der Waals surface area contributed by atoms with E-state index in [9.17, 15) is 14.7 Å². The van der Waals surface area contributed by atoms with E-state index < -0.39 is 6.10 Å². The van der Waals surface area contributed by atoms with Crippen LogP contribution >= 0.6 is 24.8 Å². The zero-order chi connectivity index (χ0) is 17.1. The highest BCUT2D eigenvalue weighted by Crippen LogP contribution is 2.12. The molecule has 2 aromatic rings. The van der Waals surface area contributed by atoms with Crippen molar-refractivity contribution in [2.45, 2.75) is 38.0 Å². The van der Waals surface area contributed by atoms with Crippen molar-refractivity contribution in [3.63, 3.8) is 0 Å². The summed E-state index contributed by atoms with van der Waals surface area (Å²) in [6.45, 7) is 0.687. The van der Waals surface area contributed by atoms with Gasteiger partial charge in [0.15, 0.2) is 5.78 Å². The summed E-state index contributed by atoms with van der Waals surface area (Å²) in [5.74, 6) is -0.145. The van der Waals surface area contributed by atoms with Crippen molar-refractivity contribution in [2.75, 3.05) is 6.54 Å². The maximum atomic E-state index is 12.5. The minimum atomic E-state index is -0.535. The van der Waals surface area contributed by atoms with Crippen LogP contribution in [-0.2, 0) is 11.3 Å². The minimum absolute atomic E-state index is 0. The van der Waals surface area contributed by atoms with Crippen molar-refractivity contribution in [3.8, 4) is 6.07 Å². The molecular formula is C17H20Cl2N4O3. The van der Waals surface area contributed by atoms with Crippen molar-refractivity contribution in [1.82, 2.24) is 14.9 Å². The second kappa shape index (κ2) is 9.64. The van der Waals surface area contributed by atoms with E-state index in [1.165, 1.54) is 17.0 Å². The number of hydrogen-bond acceptors (Lipinski definition) is 6. The Bertz CT molecular complexity index is 878. The summed E-state index contributed by atoms with van der Waals surface area (Å²) in [5.41, 5.74) is 0.523. The number of nitriles is 1. The Balaban J connectivity index is 0.00000169. The molecule has 0 spiro atoms. The summed E-state index contributed by atoms with van der Waals surface area (Å²) >= 11 is 0. The van der Waals surface area contributed by atoms with Crippen molar-refractivity contribution in [3.05, 3.63) is 40.4 Å². The van der Waals surface area contributed by atoms with Gasteiger partial charge in [0.1, 0.15) is 0 Å². The summed E-state index contributed by atoms with van der Waals surface area (Å²) in [6, 6.07) is 6.42. The van der Waals surface area contributed by atoms with E-state index in [1.54, 1.807) is 12.1 Å². The molecule has 2 N–H and O–H groups in total. The molecule has 2 unspecified atom stereocenters. The molecule has 1 saturated heterocycles. The Labute approximate surface area is 162 Å². The van der Waals surface area contributed by atoms with Crippen LogP contribution in [0.15, 0.2) is 29.3 Å². The molecule has 140 valence electrons. The van der Waals surface area contributed by atoms with Crippen molar-refractivity contribution >= 4 is 41.5 Å². The summed E-state index contributed by atoms with van der Waals surface area (Å²) in [5, 5.41) is 22.3. The first-order chi connectivity index (χ1) is 11.6. The van der Waals surface area contributed by atoms with Gasteiger partial charge in [-0.25, -0.2) is 4.98 Å². The number of rotatable bonds is 4. The zero-order valence-corrected chi connectivity index (χ0v) is 15.6. The first kappa shape index (κ1) is 22.1. The predicted octanol–water partition coefficient (Wildman–Crippen LogP) is 1.18. The van der Waals surface area contributed by atoms with Gasteiger partial charge in [0.05, 0.1) is 41.5 Å². The molecule has 1 fully saturated rings. The maximum absolute atomic E-state index is 12.5. The van der Waals surface area contributed by atoms with Crippen LogP contribution in [0.2, 0.25) is 0 Å². The van der Waals surface area contributed by atoms with Crippen LogP contribution in [0.1, 0.15) is 24.8 Å². The van der Waals surface area contributed by atoms with Crippen LogP contribution in [0.3, 0.4) is 0 Å². The standard InChI is InChI=1S/C17H18N4O3.2ClH/c18-8-11-3-4-14-13(6-11)17(24)21(10-20-14)9-12(22)7-15-16(23)2-1-5-19-15;;/h3-4,6,10,15-16,19,23H,1-2,5,7,9H2;2*1H. The van der Waals surface area contributed by atoms with E-state index in [0.717, 1.165) is 13.0 Å². The highest BCUT2D eigenvalue weighted by atomic mass is 35.5. The lowest BCUT2D eigenvalue weighted by Gasteiger charge is -2.28. The van der Waals surface area contributed by atoms with Crippen LogP contribution in [0.25, 0.3) is 10.9 Å². The first-order valence-electron chi connectivity index (χ1n) is 7.91. The van der Waals surface area contributed by atoms with Gasteiger partial charge >= 0.3 is 0 Å². The zero-order valence-electron chi connectivity index (χ0n) is 13.9. The van der Waals surface area contributed by atoms with E-state index in [-0.39, 0.29) is 55.2 Å². The number of aliphatic hydroxyl groups is 1. The van der Waals surface area contributed by atoms with E-state index in [4.69, 9.17) is 5.26 Å². The number of aromatic nitrogens is 2. The number of Topliss-reactive ketones (excluding diaryl/α,β-unsaturated/α-hetero) is 1. The molecule has 2 heterocycles. The van der Waals surface area contributed by atoms with Gasteiger partial charge < -0.3 is 10.4 Å². The Morgan fingerprint density at radius 1 is 1.42 bits per heavy atom. The maximum Gasteiger partial charge on any atom is 0.261 e. The van der Waals surface area contributed by atoms with E-state index in [1.807, 2.05) is 6.07 Å². The Morgan fingerprint density at radius 3 is 2.88 bits per heavy atom. The largest absolute Gasteiger partial charge is 0.391 e. The molecule has 0 radical (unpaired) electrons. The molecule has 7 nitrogen and oxygen atoms in total. The van der Waals surface area contributed by atoms with Crippen molar-refractivity contribution in [1.29, 1.82) is 5.26 Å². The normalized spacial score (nSPS) is 19.1.